The first-order chi connectivity index (χ1) is 8.38. The summed E-state index contributed by atoms with van der Waals surface area (Å²) in [6, 6.07) is 6.31. The van der Waals surface area contributed by atoms with Gasteiger partial charge in [-0.25, -0.2) is 0 Å². The molecule has 4 nitrogen and oxygen atoms in total. The second-order valence-electron chi connectivity index (χ2n) is 4.43. The van der Waals surface area contributed by atoms with E-state index in [-0.39, 0.29) is 0 Å². The Morgan fingerprint density at radius 2 is 2.29 bits per heavy atom. The minimum Gasteiger partial charge on any atom is -0.326 e. The Hall–Kier alpha value is -1.84. The molecule has 1 aliphatic carbocycles. The van der Waals surface area contributed by atoms with Gasteiger partial charge >= 0.3 is 0 Å². The number of nitrogens with zero attached hydrogens (tertiary/aromatic N) is 2. The molecule has 0 bridgehead atoms. The van der Waals surface area contributed by atoms with E-state index in [9.17, 15) is 4.79 Å². The molecule has 0 spiro atoms. The fourth-order valence-corrected chi connectivity index (χ4v) is 2.53. The molecular weight excluding hydrogens is 214 g/mol. The number of nitrogens with one attached hydrogen (secondary N) is 1. The van der Waals surface area contributed by atoms with E-state index in [2.05, 4.69) is 28.5 Å². The number of hydrogen-bond acceptors (Lipinski definition) is 3. The van der Waals surface area contributed by atoms with Gasteiger partial charge in [-0.1, -0.05) is 12.1 Å². The summed E-state index contributed by atoms with van der Waals surface area (Å²) in [5, 5.41) is 3.29. The van der Waals surface area contributed by atoms with Crippen LogP contribution in [0, 0.1) is 0 Å². The van der Waals surface area contributed by atoms with Gasteiger partial charge in [0.1, 0.15) is 0 Å². The van der Waals surface area contributed by atoms with Crippen molar-refractivity contribution in [2.45, 2.75) is 19.3 Å². The smallest absolute Gasteiger partial charge is 0.216 e. The van der Waals surface area contributed by atoms with Crippen LogP contribution < -0.4 is 5.32 Å². The zero-order valence-electron chi connectivity index (χ0n) is 9.65. The van der Waals surface area contributed by atoms with Crippen LogP contribution in [0.3, 0.4) is 0 Å². The summed E-state index contributed by atoms with van der Waals surface area (Å²) in [6.07, 6.45) is 4.33. The molecule has 0 fully saturated rings. The third kappa shape index (κ3) is 1.79. The largest absolute Gasteiger partial charge is 0.326 e. The van der Waals surface area contributed by atoms with Crippen molar-refractivity contribution >= 4 is 18.1 Å². The molecule has 1 N–H and O–H groups in total. The van der Waals surface area contributed by atoms with Crippen molar-refractivity contribution in [3.8, 4) is 0 Å². The molecule has 0 saturated carbocycles. The number of anilines is 1. The van der Waals surface area contributed by atoms with Gasteiger partial charge in [0.2, 0.25) is 12.4 Å². The molecular formula is C13H15N3O. The maximum absolute atomic E-state index is 10.8. The fraction of sp³-hybridized carbons (Fsp3) is 0.385. The number of rotatable bonds is 2. The van der Waals surface area contributed by atoms with Gasteiger partial charge in [0, 0.05) is 12.2 Å². The third-order valence-electron chi connectivity index (χ3n) is 3.39. The van der Waals surface area contributed by atoms with Crippen LogP contribution in [0.4, 0.5) is 5.69 Å². The third-order valence-corrected chi connectivity index (χ3v) is 3.39. The lowest BCUT2D eigenvalue weighted by Crippen LogP contribution is -2.32. The van der Waals surface area contributed by atoms with E-state index in [1.165, 1.54) is 17.5 Å². The van der Waals surface area contributed by atoms with Gasteiger partial charge < -0.3 is 5.32 Å². The van der Waals surface area contributed by atoms with Gasteiger partial charge in [0.15, 0.2) is 0 Å². The van der Waals surface area contributed by atoms with E-state index in [1.807, 2.05) is 0 Å². The molecule has 0 radical (unpaired) electrons. The van der Waals surface area contributed by atoms with Crippen LogP contribution in [0.5, 0.6) is 0 Å². The second kappa shape index (κ2) is 4.20. The monoisotopic (exact) mass is 229 g/mol. The number of carbonyl (C=O) groups excluding carboxylic acids is 1. The van der Waals surface area contributed by atoms with Crippen molar-refractivity contribution in [2.75, 3.05) is 18.4 Å². The predicted molar refractivity (Wildman–Crippen MR) is 67.2 cm³/mol. The number of fused-ring (bicyclic) bond motifs is 1. The molecule has 1 heterocycles. The lowest BCUT2D eigenvalue weighted by molar-refractivity contribution is -0.114. The summed E-state index contributed by atoms with van der Waals surface area (Å²) >= 11 is 0. The van der Waals surface area contributed by atoms with Crippen molar-refractivity contribution in [2.24, 2.45) is 4.99 Å². The summed E-state index contributed by atoms with van der Waals surface area (Å²) in [6.45, 7) is 1.37. The van der Waals surface area contributed by atoms with Crippen molar-refractivity contribution < 1.29 is 4.79 Å². The second-order valence-corrected chi connectivity index (χ2v) is 4.43. The minimum atomic E-state index is 0.681. The number of benzene rings is 1. The summed E-state index contributed by atoms with van der Waals surface area (Å²) < 4.78 is 0. The number of hydrogen-bond donors (Lipinski definition) is 1. The molecule has 0 atom stereocenters. The van der Waals surface area contributed by atoms with Crippen LogP contribution in [0.15, 0.2) is 23.2 Å². The SMILES string of the molecule is O=CN1CCN=C1Nc1cccc2c1CCC2. The van der Waals surface area contributed by atoms with Crippen LogP contribution in [0.2, 0.25) is 0 Å². The summed E-state index contributed by atoms with van der Waals surface area (Å²) in [5.74, 6) is 0.681. The van der Waals surface area contributed by atoms with Gasteiger partial charge in [-0.3, -0.25) is 14.7 Å². The first kappa shape index (κ1) is 10.3. The fourth-order valence-electron chi connectivity index (χ4n) is 2.53. The van der Waals surface area contributed by atoms with Gasteiger partial charge in [-0.2, -0.15) is 0 Å². The lowest BCUT2D eigenvalue weighted by atomic mass is 10.1. The topological polar surface area (TPSA) is 44.7 Å². The number of aryl methyl sites for hydroxylation is 1. The Bertz CT molecular complexity index is 482. The Morgan fingerprint density at radius 3 is 3.18 bits per heavy atom. The average Bonchev–Trinajstić information content (AvgIpc) is 2.97. The zero-order valence-corrected chi connectivity index (χ0v) is 9.65. The number of carbonyl (C=O) groups is 1. The normalized spacial score (nSPS) is 17.9. The lowest BCUT2D eigenvalue weighted by Gasteiger charge is -2.16. The van der Waals surface area contributed by atoms with Gasteiger partial charge in [-0.15, -0.1) is 0 Å². The summed E-state index contributed by atoms with van der Waals surface area (Å²) in [7, 11) is 0. The molecule has 2 aliphatic rings. The Morgan fingerprint density at radius 1 is 1.35 bits per heavy atom. The van der Waals surface area contributed by atoms with Crippen LogP contribution in [0.25, 0.3) is 0 Å². The molecule has 88 valence electrons. The molecule has 1 amide bonds. The van der Waals surface area contributed by atoms with Crippen LogP contribution >= 0.6 is 0 Å². The molecule has 0 saturated heterocycles. The van der Waals surface area contributed by atoms with Gasteiger partial charge in [0.05, 0.1) is 6.54 Å². The predicted octanol–water partition coefficient (Wildman–Crippen LogP) is 1.42. The van der Waals surface area contributed by atoms with Crippen LogP contribution in [-0.4, -0.2) is 30.4 Å². The highest BCUT2D eigenvalue weighted by molar-refractivity contribution is 6.00. The quantitative estimate of drug-likeness (QED) is 0.779. The van der Waals surface area contributed by atoms with E-state index in [4.69, 9.17) is 0 Å². The van der Waals surface area contributed by atoms with Crippen molar-refractivity contribution in [1.82, 2.24) is 4.90 Å². The van der Waals surface area contributed by atoms with Crippen LogP contribution in [-0.2, 0) is 17.6 Å². The standard InChI is InChI=1S/C13H15N3O/c17-9-16-8-7-14-13(16)15-12-6-2-4-10-3-1-5-11(10)12/h2,4,6,9H,1,3,5,7-8H2,(H,14,15). The molecule has 3 rings (SSSR count). The maximum atomic E-state index is 10.8. The Kier molecular flexibility index (Phi) is 2.55. The van der Waals surface area contributed by atoms with E-state index >= 15 is 0 Å². The first-order valence-electron chi connectivity index (χ1n) is 6.02. The molecule has 0 unspecified atom stereocenters. The number of aliphatic imine (C=N–C) groups is 1. The minimum absolute atomic E-state index is 0.681. The molecule has 4 heteroatoms. The first-order valence-corrected chi connectivity index (χ1v) is 6.02. The van der Waals surface area contributed by atoms with Crippen molar-refractivity contribution in [3.63, 3.8) is 0 Å². The Balaban J connectivity index is 1.86. The molecule has 1 aromatic rings. The van der Waals surface area contributed by atoms with E-state index in [0.29, 0.717) is 19.0 Å². The zero-order chi connectivity index (χ0) is 11.7. The summed E-state index contributed by atoms with van der Waals surface area (Å²) in [4.78, 5) is 16.8. The van der Waals surface area contributed by atoms with E-state index in [1.54, 1.807) is 4.90 Å². The number of amides is 1. The molecule has 17 heavy (non-hydrogen) atoms. The van der Waals surface area contributed by atoms with Crippen molar-refractivity contribution in [3.05, 3.63) is 29.3 Å². The van der Waals surface area contributed by atoms with Gasteiger partial charge in [0.25, 0.3) is 0 Å². The molecule has 1 aromatic carbocycles. The average molecular weight is 229 g/mol. The highest BCUT2D eigenvalue weighted by Crippen LogP contribution is 2.28. The summed E-state index contributed by atoms with van der Waals surface area (Å²) in [5.41, 5.74) is 3.91. The maximum Gasteiger partial charge on any atom is 0.216 e. The molecule has 1 aliphatic heterocycles. The van der Waals surface area contributed by atoms with E-state index < -0.39 is 0 Å². The van der Waals surface area contributed by atoms with Crippen molar-refractivity contribution in [1.29, 1.82) is 0 Å². The molecule has 0 aromatic heterocycles. The van der Waals surface area contributed by atoms with E-state index in [0.717, 1.165) is 24.9 Å². The highest BCUT2D eigenvalue weighted by atomic mass is 16.1. The highest BCUT2D eigenvalue weighted by Gasteiger charge is 2.19. The van der Waals surface area contributed by atoms with Gasteiger partial charge in [-0.05, 0) is 36.5 Å². The Labute approximate surface area is 100 Å². The van der Waals surface area contributed by atoms with Crippen LogP contribution in [0.1, 0.15) is 17.5 Å². The number of guanidine groups is 1.